The van der Waals surface area contributed by atoms with Crippen molar-refractivity contribution in [2.75, 3.05) is 19.7 Å². The van der Waals surface area contributed by atoms with E-state index in [1.807, 2.05) is 37.3 Å². The average molecular weight is 486 g/mol. The molecule has 0 bridgehead atoms. The molecule has 2 N–H and O–H groups in total. The van der Waals surface area contributed by atoms with Gasteiger partial charge in [0.2, 0.25) is 0 Å². The van der Waals surface area contributed by atoms with E-state index in [4.69, 9.17) is 9.47 Å². The first-order valence-corrected chi connectivity index (χ1v) is 12.8. The van der Waals surface area contributed by atoms with E-state index in [0.717, 1.165) is 63.9 Å². The number of nitrogens with zero attached hydrogens (tertiary/aromatic N) is 1. The van der Waals surface area contributed by atoms with Crippen molar-refractivity contribution >= 4 is 11.1 Å². The molecule has 0 saturated carbocycles. The number of fused-ring (bicyclic) bond motifs is 1. The largest absolute Gasteiger partial charge is 0.508 e. The topological polar surface area (TPSA) is 62.2 Å². The summed E-state index contributed by atoms with van der Waals surface area (Å²) in [6.45, 7) is 11.5. The minimum absolute atomic E-state index is 0.204. The van der Waals surface area contributed by atoms with Crippen LogP contribution < -0.4 is 9.47 Å². The number of hydrogen-bond acceptors (Lipinski definition) is 5. The van der Waals surface area contributed by atoms with Gasteiger partial charge in [-0.05, 0) is 104 Å². The minimum Gasteiger partial charge on any atom is -0.508 e. The molecule has 0 amide bonds. The van der Waals surface area contributed by atoms with Crippen molar-refractivity contribution < 1.29 is 19.7 Å². The highest BCUT2D eigenvalue weighted by atomic mass is 16.5. The van der Waals surface area contributed by atoms with Gasteiger partial charge in [0.15, 0.2) is 0 Å². The molecule has 36 heavy (non-hydrogen) atoms. The van der Waals surface area contributed by atoms with E-state index in [0.29, 0.717) is 12.6 Å². The number of rotatable bonds is 6. The van der Waals surface area contributed by atoms with E-state index in [2.05, 4.69) is 37.8 Å². The van der Waals surface area contributed by atoms with Gasteiger partial charge in [0.05, 0.1) is 0 Å². The van der Waals surface area contributed by atoms with Crippen LogP contribution in [0.5, 0.6) is 23.0 Å². The quantitative estimate of drug-likeness (QED) is 0.413. The Hall–Kier alpha value is -3.44. The zero-order chi connectivity index (χ0) is 25.4. The van der Waals surface area contributed by atoms with Gasteiger partial charge in [-0.1, -0.05) is 25.1 Å². The Morgan fingerprint density at radius 2 is 1.81 bits per heavy atom. The molecule has 5 nitrogen and oxygen atoms in total. The lowest BCUT2D eigenvalue weighted by molar-refractivity contribution is 0.169. The van der Waals surface area contributed by atoms with Crippen molar-refractivity contribution in [2.24, 2.45) is 5.92 Å². The Balaban J connectivity index is 1.42. The first kappa shape index (κ1) is 24.3. The molecule has 0 aliphatic carbocycles. The Morgan fingerprint density at radius 1 is 1.03 bits per heavy atom. The number of aromatic hydroxyl groups is 2. The fourth-order valence-electron chi connectivity index (χ4n) is 5.30. The van der Waals surface area contributed by atoms with Gasteiger partial charge in [-0.3, -0.25) is 4.90 Å². The predicted octanol–water partition coefficient (Wildman–Crippen LogP) is 6.58. The lowest BCUT2D eigenvalue weighted by Crippen LogP contribution is -2.35. The summed E-state index contributed by atoms with van der Waals surface area (Å²) in [7, 11) is 0. The third-order valence-electron chi connectivity index (χ3n) is 7.54. The molecule has 5 heteroatoms. The zero-order valence-electron chi connectivity index (χ0n) is 21.5. The van der Waals surface area contributed by atoms with Crippen molar-refractivity contribution in [3.63, 3.8) is 0 Å². The van der Waals surface area contributed by atoms with Crippen molar-refractivity contribution in [1.29, 1.82) is 0 Å². The number of benzene rings is 3. The van der Waals surface area contributed by atoms with Crippen LogP contribution in [0.25, 0.3) is 11.1 Å². The number of likely N-dealkylation sites (tertiary alicyclic amines) is 1. The molecule has 188 valence electrons. The summed E-state index contributed by atoms with van der Waals surface area (Å²) in [5.41, 5.74) is 5.73. The van der Waals surface area contributed by atoms with Crippen molar-refractivity contribution in [3.8, 4) is 23.0 Å². The lowest BCUT2D eigenvalue weighted by Gasteiger charge is -2.31. The van der Waals surface area contributed by atoms with Crippen molar-refractivity contribution in [1.82, 2.24) is 4.90 Å². The molecule has 3 aromatic carbocycles. The fraction of sp³-hybridized carbons (Fsp3) is 0.355. The second-order valence-electron chi connectivity index (χ2n) is 10.3. The Labute approximate surface area is 213 Å². The Morgan fingerprint density at radius 3 is 2.50 bits per heavy atom. The van der Waals surface area contributed by atoms with Crippen LogP contribution in [0.2, 0.25) is 0 Å². The molecule has 1 fully saturated rings. The summed E-state index contributed by atoms with van der Waals surface area (Å²) in [4.78, 5) is 2.50. The fourth-order valence-corrected chi connectivity index (χ4v) is 5.30. The summed E-state index contributed by atoms with van der Waals surface area (Å²) in [6.07, 6.45) is 0.934. The van der Waals surface area contributed by atoms with Gasteiger partial charge in [0.1, 0.15) is 35.7 Å². The van der Waals surface area contributed by atoms with Gasteiger partial charge in [0.25, 0.3) is 0 Å². The first-order valence-electron chi connectivity index (χ1n) is 12.8. The minimum atomic E-state index is -0.329. The van der Waals surface area contributed by atoms with Crippen LogP contribution >= 0.6 is 0 Å². The van der Waals surface area contributed by atoms with E-state index in [1.165, 1.54) is 6.42 Å². The van der Waals surface area contributed by atoms with Gasteiger partial charge in [-0.25, -0.2) is 0 Å². The smallest absolute Gasteiger partial charge is 0.150 e. The molecule has 0 radical (unpaired) electrons. The highest BCUT2D eigenvalue weighted by Crippen LogP contribution is 2.47. The third-order valence-corrected chi connectivity index (χ3v) is 7.54. The number of aryl methyl sites for hydroxylation is 1. The van der Waals surface area contributed by atoms with Crippen LogP contribution in [0.1, 0.15) is 55.5 Å². The normalized spacial score (nSPS) is 20.7. The van der Waals surface area contributed by atoms with E-state index in [-0.39, 0.29) is 17.6 Å². The van der Waals surface area contributed by atoms with Crippen LogP contribution in [-0.4, -0.2) is 40.9 Å². The number of hydrogen-bond donors (Lipinski definition) is 2. The Kier molecular flexibility index (Phi) is 6.67. The van der Waals surface area contributed by atoms with E-state index in [9.17, 15) is 10.2 Å². The van der Waals surface area contributed by atoms with Gasteiger partial charge >= 0.3 is 0 Å². The van der Waals surface area contributed by atoms with Gasteiger partial charge in [0, 0.05) is 23.7 Å². The maximum atomic E-state index is 10.1. The number of phenols is 2. The SMILES string of the molecule is CC1=C(c2ccc(O)c(C)c2)C(c2ccc(OC[C@H](C)N3CC[C@@H](C)C3)cc2)Oc2ccc(O)cc21. The maximum absolute atomic E-state index is 10.1. The second kappa shape index (κ2) is 9.90. The van der Waals surface area contributed by atoms with Crippen LogP contribution in [0, 0.1) is 12.8 Å². The van der Waals surface area contributed by atoms with E-state index in [1.54, 1.807) is 18.2 Å². The van der Waals surface area contributed by atoms with Gasteiger partial charge < -0.3 is 19.7 Å². The lowest BCUT2D eigenvalue weighted by atomic mass is 9.85. The molecule has 3 atom stereocenters. The summed E-state index contributed by atoms with van der Waals surface area (Å²) in [5.74, 6) is 2.82. The molecule has 1 unspecified atom stereocenters. The van der Waals surface area contributed by atoms with Gasteiger partial charge in [-0.2, -0.15) is 0 Å². The van der Waals surface area contributed by atoms with Crippen molar-refractivity contribution in [2.45, 2.75) is 46.3 Å². The van der Waals surface area contributed by atoms with Gasteiger partial charge in [-0.15, -0.1) is 0 Å². The Bertz CT molecular complexity index is 1280. The maximum Gasteiger partial charge on any atom is 0.150 e. The summed E-state index contributed by atoms with van der Waals surface area (Å²) >= 11 is 0. The molecule has 2 aliphatic heterocycles. The highest BCUT2D eigenvalue weighted by Gasteiger charge is 2.30. The average Bonchev–Trinajstić information content (AvgIpc) is 3.31. The summed E-state index contributed by atoms with van der Waals surface area (Å²) in [5, 5.41) is 20.2. The second-order valence-corrected chi connectivity index (χ2v) is 10.3. The van der Waals surface area contributed by atoms with Crippen molar-refractivity contribution in [3.05, 3.63) is 82.9 Å². The van der Waals surface area contributed by atoms with E-state index >= 15 is 0 Å². The molecule has 5 rings (SSSR count). The summed E-state index contributed by atoms with van der Waals surface area (Å²) in [6, 6.07) is 19.4. The van der Waals surface area contributed by atoms with Crippen LogP contribution in [0.3, 0.4) is 0 Å². The zero-order valence-corrected chi connectivity index (χ0v) is 21.5. The molecule has 2 heterocycles. The monoisotopic (exact) mass is 485 g/mol. The molecule has 1 saturated heterocycles. The first-order chi connectivity index (χ1) is 17.3. The molecular weight excluding hydrogens is 450 g/mol. The highest BCUT2D eigenvalue weighted by molar-refractivity contribution is 5.95. The molecule has 0 aromatic heterocycles. The van der Waals surface area contributed by atoms with Crippen LogP contribution in [0.4, 0.5) is 0 Å². The van der Waals surface area contributed by atoms with Crippen LogP contribution in [-0.2, 0) is 0 Å². The van der Waals surface area contributed by atoms with Crippen LogP contribution in [0.15, 0.2) is 60.7 Å². The molecule has 0 spiro atoms. The summed E-state index contributed by atoms with van der Waals surface area (Å²) < 4.78 is 12.7. The molecular formula is C31H35NO4. The standard InChI is InChI=1S/C31H35NO4/c1-19-13-14-32(17-19)21(3)18-35-26-9-5-23(6-10-26)31-30(24-7-11-28(34)20(2)15-24)22(4)27-16-25(33)8-12-29(27)36-31/h5-12,15-16,19,21,31,33-34H,13-14,17-18H2,1-4H3/t19-,21+,31?/m1/s1. The third kappa shape index (κ3) is 4.80. The number of ether oxygens (including phenoxy) is 2. The molecule has 2 aliphatic rings. The number of phenolic OH excluding ortho intramolecular Hbond substituents is 2. The molecule has 3 aromatic rings. The number of allylic oxidation sites excluding steroid dienone is 1. The van der Waals surface area contributed by atoms with E-state index < -0.39 is 0 Å². The predicted molar refractivity (Wildman–Crippen MR) is 144 cm³/mol.